The van der Waals surface area contributed by atoms with Gasteiger partial charge in [0.25, 0.3) is 0 Å². The second-order valence-electron chi connectivity index (χ2n) is 5.98. The summed E-state index contributed by atoms with van der Waals surface area (Å²) in [5, 5.41) is 10.0. The number of nitrogens with zero attached hydrogens (tertiary/aromatic N) is 1. The van der Waals surface area contributed by atoms with E-state index in [2.05, 4.69) is 0 Å². The predicted octanol–water partition coefficient (Wildman–Crippen LogP) is 0.879. The Morgan fingerprint density at radius 2 is 1.94 bits per heavy atom. The summed E-state index contributed by atoms with van der Waals surface area (Å²) in [7, 11) is 0. The molecular formula is C13H24N2O2. The molecule has 98 valence electrons. The minimum atomic E-state index is -0.607. The predicted molar refractivity (Wildman–Crippen MR) is 66.4 cm³/mol. The average Bonchev–Trinajstić information content (AvgIpc) is 2.38. The van der Waals surface area contributed by atoms with Crippen molar-refractivity contribution >= 4 is 5.91 Å². The number of aliphatic hydroxyl groups is 1. The first-order valence-corrected chi connectivity index (χ1v) is 6.71. The largest absolute Gasteiger partial charge is 0.390 e. The van der Waals surface area contributed by atoms with Crippen LogP contribution in [0.2, 0.25) is 0 Å². The van der Waals surface area contributed by atoms with E-state index in [0.29, 0.717) is 19.5 Å². The Labute approximate surface area is 103 Å². The van der Waals surface area contributed by atoms with Gasteiger partial charge < -0.3 is 15.7 Å². The Balaban J connectivity index is 2.00. The number of hydrogen-bond donors (Lipinski definition) is 2. The Morgan fingerprint density at radius 1 is 1.24 bits per heavy atom. The van der Waals surface area contributed by atoms with Crippen molar-refractivity contribution < 1.29 is 9.90 Å². The highest BCUT2D eigenvalue weighted by Crippen LogP contribution is 2.42. The van der Waals surface area contributed by atoms with Crippen LogP contribution in [-0.2, 0) is 4.79 Å². The van der Waals surface area contributed by atoms with E-state index in [0.717, 1.165) is 38.6 Å². The van der Waals surface area contributed by atoms with Gasteiger partial charge in [0, 0.05) is 19.6 Å². The summed E-state index contributed by atoms with van der Waals surface area (Å²) in [6.07, 6.45) is 5.35. The van der Waals surface area contributed by atoms with E-state index in [1.54, 1.807) is 0 Å². The van der Waals surface area contributed by atoms with Gasteiger partial charge in [-0.3, -0.25) is 4.79 Å². The molecule has 1 aliphatic heterocycles. The molecule has 0 spiro atoms. The second kappa shape index (κ2) is 4.58. The molecule has 0 aromatic rings. The van der Waals surface area contributed by atoms with Crippen LogP contribution in [0.15, 0.2) is 0 Å². The van der Waals surface area contributed by atoms with Crippen molar-refractivity contribution in [2.75, 3.05) is 19.6 Å². The quantitative estimate of drug-likeness (QED) is 0.753. The minimum absolute atomic E-state index is 0.226. The Bertz CT molecular complexity index is 292. The van der Waals surface area contributed by atoms with Crippen LogP contribution in [-0.4, -0.2) is 41.1 Å². The van der Waals surface area contributed by atoms with E-state index in [1.165, 1.54) is 0 Å². The number of carbonyl (C=O) groups excluding carboxylic acids is 1. The molecule has 17 heavy (non-hydrogen) atoms. The molecule has 4 nitrogen and oxygen atoms in total. The zero-order chi connectivity index (χ0) is 12.5. The first-order chi connectivity index (χ1) is 7.99. The maximum absolute atomic E-state index is 12.5. The van der Waals surface area contributed by atoms with Gasteiger partial charge in [-0.25, -0.2) is 0 Å². The molecule has 1 heterocycles. The smallest absolute Gasteiger partial charge is 0.230 e. The SMILES string of the molecule is CC1(O)CCCN(C(=O)C2(CN)CCC2)CC1. The topological polar surface area (TPSA) is 66.6 Å². The summed E-state index contributed by atoms with van der Waals surface area (Å²) in [4.78, 5) is 14.4. The molecule has 2 aliphatic rings. The first kappa shape index (κ1) is 12.8. The number of nitrogens with two attached hydrogens (primary N) is 1. The number of carbonyl (C=O) groups is 1. The zero-order valence-electron chi connectivity index (χ0n) is 10.7. The van der Waals surface area contributed by atoms with Crippen molar-refractivity contribution in [3.05, 3.63) is 0 Å². The molecule has 0 aromatic carbocycles. The number of hydrogen-bond acceptors (Lipinski definition) is 3. The third-order valence-corrected chi connectivity index (χ3v) is 4.51. The molecule has 0 bridgehead atoms. The molecule has 1 aliphatic carbocycles. The lowest BCUT2D eigenvalue weighted by atomic mass is 9.68. The summed E-state index contributed by atoms with van der Waals surface area (Å²) in [6.45, 7) is 3.78. The minimum Gasteiger partial charge on any atom is -0.390 e. The molecule has 4 heteroatoms. The van der Waals surface area contributed by atoms with Crippen molar-refractivity contribution in [2.45, 2.75) is 51.0 Å². The Kier molecular flexibility index (Phi) is 3.46. The van der Waals surface area contributed by atoms with Gasteiger partial charge in [-0.2, -0.15) is 0 Å². The maximum atomic E-state index is 12.5. The fraction of sp³-hybridized carbons (Fsp3) is 0.923. The fourth-order valence-electron chi connectivity index (χ4n) is 2.91. The summed E-state index contributed by atoms with van der Waals surface area (Å²) < 4.78 is 0. The van der Waals surface area contributed by atoms with E-state index in [1.807, 2.05) is 11.8 Å². The van der Waals surface area contributed by atoms with E-state index in [9.17, 15) is 9.90 Å². The normalized spacial score (nSPS) is 32.8. The van der Waals surface area contributed by atoms with Gasteiger partial charge in [0.05, 0.1) is 11.0 Å². The summed E-state index contributed by atoms with van der Waals surface area (Å²) in [6, 6.07) is 0. The number of rotatable bonds is 2. The Hall–Kier alpha value is -0.610. The van der Waals surface area contributed by atoms with Crippen molar-refractivity contribution in [3.63, 3.8) is 0 Å². The molecule has 0 radical (unpaired) electrons. The fourth-order valence-corrected chi connectivity index (χ4v) is 2.91. The molecule has 1 amide bonds. The van der Waals surface area contributed by atoms with Gasteiger partial charge in [-0.1, -0.05) is 6.42 Å². The third kappa shape index (κ3) is 2.47. The van der Waals surface area contributed by atoms with Gasteiger partial charge in [-0.15, -0.1) is 0 Å². The highest BCUT2D eigenvalue weighted by molar-refractivity contribution is 5.84. The van der Waals surface area contributed by atoms with Crippen LogP contribution >= 0.6 is 0 Å². The van der Waals surface area contributed by atoms with E-state index < -0.39 is 5.60 Å². The molecule has 1 atom stereocenters. The van der Waals surface area contributed by atoms with Gasteiger partial charge in [-0.05, 0) is 39.0 Å². The van der Waals surface area contributed by atoms with Gasteiger partial charge >= 0.3 is 0 Å². The van der Waals surface area contributed by atoms with Crippen LogP contribution in [0.4, 0.5) is 0 Å². The van der Waals surface area contributed by atoms with Crippen LogP contribution in [0, 0.1) is 5.41 Å². The van der Waals surface area contributed by atoms with Crippen molar-refractivity contribution in [2.24, 2.45) is 11.1 Å². The highest BCUT2D eigenvalue weighted by Gasteiger charge is 2.45. The third-order valence-electron chi connectivity index (χ3n) is 4.51. The summed E-state index contributed by atoms with van der Waals surface area (Å²) >= 11 is 0. The van der Waals surface area contributed by atoms with E-state index in [4.69, 9.17) is 5.73 Å². The van der Waals surface area contributed by atoms with Crippen LogP contribution < -0.4 is 5.73 Å². The molecule has 2 fully saturated rings. The lowest BCUT2D eigenvalue weighted by molar-refractivity contribution is -0.146. The zero-order valence-corrected chi connectivity index (χ0v) is 10.7. The van der Waals surface area contributed by atoms with Gasteiger partial charge in [0.2, 0.25) is 5.91 Å². The molecule has 3 N–H and O–H groups in total. The second-order valence-corrected chi connectivity index (χ2v) is 5.98. The van der Waals surface area contributed by atoms with E-state index >= 15 is 0 Å². The molecule has 2 rings (SSSR count). The van der Waals surface area contributed by atoms with E-state index in [-0.39, 0.29) is 11.3 Å². The summed E-state index contributed by atoms with van der Waals surface area (Å²) in [5.74, 6) is 0.226. The molecule has 1 saturated carbocycles. The molecule has 0 aromatic heterocycles. The standard InChI is InChI=1S/C13H24N2O2/c1-12(17)4-3-8-15(9-7-12)11(16)13(10-14)5-2-6-13/h17H,2-10,14H2,1H3. The lowest BCUT2D eigenvalue weighted by Gasteiger charge is -2.42. The van der Waals surface area contributed by atoms with Gasteiger partial charge in [0.15, 0.2) is 0 Å². The van der Waals surface area contributed by atoms with Crippen LogP contribution in [0.5, 0.6) is 0 Å². The van der Waals surface area contributed by atoms with Crippen LogP contribution in [0.3, 0.4) is 0 Å². The molecule has 1 unspecified atom stereocenters. The van der Waals surface area contributed by atoms with Crippen molar-refractivity contribution in [1.82, 2.24) is 4.90 Å². The Morgan fingerprint density at radius 3 is 2.47 bits per heavy atom. The first-order valence-electron chi connectivity index (χ1n) is 6.71. The monoisotopic (exact) mass is 240 g/mol. The highest BCUT2D eigenvalue weighted by atomic mass is 16.3. The maximum Gasteiger partial charge on any atom is 0.230 e. The summed E-state index contributed by atoms with van der Waals surface area (Å²) in [5.41, 5.74) is 4.90. The lowest BCUT2D eigenvalue weighted by Crippen LogP contribution is -2.52. The van der Waals surface area contributed by atoms with Crippen LogP contribution in [0.25, 0.3) is 0 Å². The molecular weight excluding hydrogens is 216 g/mol. The van der Waals surface area contributed by atoms with Crippen molar-refractivity contribution in [1.29, 1.82) is 0 Å². The van der Waals surface area contributed by atoms with Crippen molar-refractivity contribution in [3.8, 4) is 0 Å². The average molecular weight is 240 g/mol. The van der Waals surface area contributed by atoms with Crippen LogP contribution in [0.1, 0.15) is 45.4 Å². The number of amides is 1. The van der Waals surface area contributed by atoms with Gasteiger partial charge in [0.1, 0.15) is 0 Å². The number of likely N-dealkylation sites (tertiary alicyclic amines) is 1. The molecule has 1 saturated heterocycles.